The third-order valence-corrected chi connectivity index (χ3v) is 4.75. The first-order valence-corrected chi connectivity index (χ1v) is 9.04. The highest BCUT2D eigenvalue weighted by Gasteiger charge is 2.18. The number of rotatable bonds is 4. The van der Waals surface area contributed by atoms with Gasteiger partial charge in [-0.2, -0.15) is 5.10 Å². The van der Waals surface area contributed by atoms with Crippen LogP contribution in [0.5, 0.6) is 0 Å². The quantitative estimate of drug-likeness (QED) is 0.745. The van der Waals surface area contributed by atoms with E-state index in [-0.39, 0.29) is 5.91 Å². The number of carbonyl (C=O) groups is 1. The van der Waals surface area contributed by atoms with Crippen LogP contribution in [0.1, 0.15) is 23.2 Å². The number of halogens is 1. The first-order chi connectivity index (χ1) is 12.7. The standard InChI is InChI=1S/C20H19ClN4O/c21-16-8-9-19(24-10-4-5-11-24)18(12-16)23-20(26)15-13-22-25(14-15)17-6-2-1-3-7-17/h1-3,6-9,12-14H,4-5,10-11H2,(H,23,26). The van der Waals surface area contributed by atoms with E-state index in [9.17, 15) is 4.79 Å². The molecule has 1 fully saturated rings. The highest BCUT2D eigenvalue weighted by atomic mass is 35.5. The van der Waals surface area contributed by atoms with Gasteiger partial charge in [-0.15, -0.1) is 0 Å². The number of anilines is 2. The van der Waals surface area contributed by atoms with Gasteiger partial charge in [0.05, 0.1) is 28.8 Å². The van der Waals surface area contributed by atoms with Gasteiger partial charge in [-0.3, -0.25) is 4.79 Å². The van der Waals surface area contributed by atoms with Crippen LogP contribution in [-0.4, -0.2) is 28.8 Å². The smallest absolute Gasteiger partial charge is 0.258 e. The number of hydrogen-bond donors (Lipinski definition) is 1. The van der Waals surface area contributed by atoms with Crippen LogP contribution in [0.15, 0.2) is 60.9 Å². The van der Waals surface area contributed by atoms with Crippen molar-refractivity contribution in [2.45, 2.75) is 12.8 Å². The van der Waals surface area contributed by atoms with Gasteiger partial charge in [-0.05, 0) is 43.2 Å². The molecule has 26 heavy (non-hydrogen) atoms. The summed E-state index contributed by atoms with van der Waals surface area (Å²) >= 11 is 6.15. The second-order valence-corrected chi connectivity index (χ2v) is 6.76. The van der Waals surface area contributed by atoms with Gasteiger partial charge in [0, 0.05) is 24.3 Å². The Morgan fingerprint density at radius 1 is 1.08 bits per heavy atom. The number of amides is 1. The molecule has 0 atom stereocenters. The number of aromatic nitrogens is 2. The Morgan fingerprint density at radius 3 is 2.62 bits per heavy atom. The van der Waals surface area contributed by atoms with Gasteiger partial charge in [0.1, 0.15) is 0 Å². The van der Waals surface area contributed by atoms with Crippen LogP contribution in [0.2, 0.25) is 5.02 Å². The van der Waals surface area contributed by atoms with E-state index in [1.54, 1.807) is 23.1 Å². The molecule has 4 rings (SSSR count). The molecule has 0 unspecified atom stereocenters. The van der Waals surface area contributed by atoms with Crippen LogP contribution in [-0.2, 0) is 0 Å². The predicted molar refractivity (Wildman–Crippen MR) is 104 cm³/mol. The van der Waals surface area contributed by atoms with Crippen molar-refractivity contribution >= 4 is 28.9 Å². The third kappa shape index (κ3) is 3.44. The second-order valence-electron chi connectivity index (χ2n) is 6.32. The normalized spacial score (nSPS) is 13.8. The van der Waals surface area contributed by atoms with Crippen molar-refractivity contribution in [2.24, 2.45) is 0 Å². The van der Waals surface area contributed by atoms with E-state index >= 15 is 0 Å². The zero-order valence-corrected chi connectivity index (χ0v) is 15.0. The fourth-order valence-electron chi connectivity index (χ4n) is 3.20. The van der Waals surface area contributed by atoms with Gasteiger partial charge in [0.25, 0.3) is 5.91 Å². The molecule has 5 nitrogen and oxygen atoms in total. The Bertz CT molecular complexity index is 917. The van der Waals surface area contributed by atoms with E-state index in [0.29, 0.717) is 10.6 Å². The van der Waals surface area contributed by atoms with Crippen LogP contribution < -0.4 is 10.2 Å². The number of nitrogens with one attached hydrogen (secondary N) is 1. The summed E-state index contributed by atoms with van der Waals surface area (Å²) < 4.78 is 1.69. The Morgan fingerprint density at radius 2 is 1.85 bits per heavy atom. The zero-order valence-electron chi connectivity index (χ0n) is 14.2. The van der Waals surface area contributed by atoms with Gasteiger partial charge < -0.3 is 10.2 Å². The highest BCUT2D eigenvalue weighted by Crippen LogP contribution is 2.31. The van der Waals surface area contributed by atoms with Gasteiger partial charge >= 0.3 is 0 Å². The van der Waals surface area contributed by atoms with E-state index in [2.05, 4.69) is 15.3 Å². The summed E-state index contributed by atoms with van der Waals surface area (Å²) in [6, 6.07) is 15.3. The molecule has 1 saturated heterocycles. The maximum absolute atomic E-state index is 12.7. The van der Waals surface area contributed by atoms with Crippen LogP contribution in [0, 0.1) is 0 Å². The summed E-state index contributed by atoms with van der Waals surface area (Å²) in [6.07, 6.45) is 5.63. The molecule has 0 radical (unpaired) electrons. The topological polar surface area (TPSA) is 50.2 Å². The molecule has 0 saturated carbocycles. The van der Waals surface area contributed by atoms with Crippen molar-refractivity contribution in [2.75, 3.05) is 23.3 Å². The summed E-state index contributed by atoms with van der Waals surface area (Å²) in [7, 11) is 0. The van der Waals surface area contributed by atoms with Crippen molar-refractivity contribution in [1.29, 1.82) is 0 Å². The largest absolute Gasteiger partial charge is 0.370 e. The van der Waals surface area contributed by atoms with Gasteiger partial charge in [-0.25, -0.2) is 4.68 Å². The van der Waals surface area contributed by atoms with E-state index in [4.69, 9.17) is 11.6 Å². The minimum absolute atomic E-state index is 0.199. The average molecular weight is 367 g/mol. The molecule has 0 aliphatic carbocycles. The molecule has 3 aromatic rings. The lowest BCUT2D eigenvalue weighted by Gasteiger charge is -2.21. The molecule has 0 spiro atoms. The van der Waals surface area contributed by atoms with Gasteiger partial charge in [-0.1, -0.05) is 29.8 Å². The molecule has 1 amide bonds. The molecule has 6 heteroatoms. The summed E-state index contributed by atoms with van der Waals surface area (Å²) in [5, 5.41) is 7.88. The molecular weight excluding hydrogens is 348 g/mol. The Labute approximate surface area is 157 Å². The van der Waals surface area contributed by atoms with Crippen molar-refractivity contribution < 1.29 is 4.79 Å². The van der Waals surface area contributed by atoms with Crippen LogP contribution in [0.4, 0.5) is 11.4 Å². The maximum atomic E-state index is 12.7. The Hall–Kier alpha value is -2.79. The minimum Gasteiger partial charge on any atom is -0.370 e. The SMILES string of the molecule is O=C(Nc1cc(Cl)ccc1N1CCCC1)c1cnn(-c2ccccc2)c1. The summed E-state index contributed by atoms with van der Waals surface area (Å²) in [5.74, 6) is -0.199. The molecule has 2 aromatic carbocycles. The molecule has 1 aliphatic rings. The van der Waals surface area contributed by atoms with Gasteiger partial charge in [0.2, 0.25) is 0 Å². The van der Waals surface area contributed by atoms with Crippen LogP contribution in [0.3, 0.4) is 0 Å². The van der Waals surface area contributed by atoms with E-state index in [1.807, 2.05) is 42.5 Å². The number of hydrogen-bond acceptors (Lipinski definition) is 3. The summed E-state index contributed by atoms with van der Waals surface area (Å²) in [4.78, 5) is 15.0. The minimum atomic E-state index is -0.199. The summed E-state index contributed by atoms with van der Waals surface area (Å²) in [5.41, 5.74) is 3.15. The number of carbonyl (C=O) groups excluding carboxylic acids is 1. The lowest BCUT2D eigenvalue weighted by molar-refractivity contribution is 0.102. The van der Waals surface area contributed by atoms with Crippen molar-refractivity contribution in [1.82, 2.24) is 9.78 Å². The molecule has 0 bridgehead atoms. The molecule has 1 N–H and O–H groups in total. The van der Waals surface area contributed by atoms with Crippen LogP contribution in [0.25, 0.3) is 5.69 Å². The van der Waals surface area contributed by atoms with Gasteiger partial charge in [0.15, 0.2) is 0 Å². The number of benzene rings is 2. The second kappa shape index (κ2) is 7.22. The van der Waals surface area contributed by atoms with E-state index in [0.717, 1.165) is 30.2 Å². The number of para-hydroxylation sites is 1. The number of nitrogens with zero attached hydrogens (tertiary/aromatic N) is 3. The molecular formula is C20H19ClN4O. The Balaban J connectivity index is 1.57. The maximum Gasteiger partial charge on any atom is 0.258 e. The Kier molecular flexibility index (Phi) is 4.63. The first kappa shape index (κ1) is 16.7. The van der Waals surface area contributed by atoms with Crippen molar-refractivity contribution in [3.63, 3.8) is 0 Å². The fraction of sp³-hybridized carbons (Fsp3) is 0.200. The average Bonchev–Trinajstić information content (AvgIpc) is 3.35. The molecule has 2 heterocycles. The lowest BCUT2D eigenvalue weighted by Crippen LogP contribution is -2.21. The lowest BCUT2D eigenvalue weighted by atomic mass is 10.2. The van der Waals surface area contributed by atoms with Crippen LogP contribution >= 0.6 is 11.6 Å². The molecule has 1 aromatic heterocycles. The van der Waals surface area contributed by atoms with Crippen molar-refractivity contribution in [3.8, 4) is 5.69 Å². The monoisotopic (exact) mass is 366 g/mol. The fourth-order valence-corrected chi connectivity index (χ4v) is 3.37. The third-order valence-electron chi connectivity index (χ3n) is 4.52. The van der Waals surface area contributed by atoms with Crippen molar-refractivity contribution in [3.05, 3.63) is 71.5 Å². The first-order valence-electron chi connectivity index (χ1n) is 8.67. The summed E-state index contributed by atoms with van der Waals surface area (Å²) in [6.45, 7) is 1.99. The highest BCUT2D eigenvalue weighted by molar-refractivity contribution is 6.31. The molecule has 1 aliphatic heterocycles. The predicted octanol–water partition coefficient (Wildman–Crippen LogP) is 4.38. The zero-order chi connectivity index (χ0) is 17.9. The van der Waals surface area contributed by atoms with E-state index in [1.165, 1.54) is 12.8 Å². The molecule has 132 valence electrons. The van der Waals surface area contributed by atoms with E-state index < -0.39 is 0 Å².